The SMILES string of the molecule is O=C(NCc1cccc(-c2cccc(C3OC(CN4CCC(n5c(=O)[nH]c6ccccc65)CC4)CC(c4ccc(CO)cc4)O3)c2)c1)C(Cl)(Cl)Cl. The molecule has 3 N–H and O–H groups in total. The van der Waals surface area contributed by atoms with Crippen molar-refractivity contribution in [1.82, 2.24) is 19.8 Å². The maximum Gasteiger partial charge on any atom is 0.326 e. The van der Waals surface area contributed by atoms with Gasteiger partial charge in [-0.25, -0.2) is 4.79 Å². The number of aliphatic hydroxyl groups excluding tert-OH is 1. The number of halogens is 3. The summed E-state index contributed by atoms with van der Waals surface area (Å²) in [4.78, 5) is 30.4. The topological polar surface area (TPSA) is 109 Å². The maximum atomic E-state index is 12.9. The Morgan fingerprint density at radius 2 is 1.59 bits per heavy atom. The number of likely N-dealkylation sites (tertiary alicyclic amines) is 1. The van der Waals surface area contributed by atoms with Gasteiger partial charge in [0, 0.05) is 44.2 Å². The van der Waals surface area contributed by atoms with Crippen molar-refractivity contribution in [3.05, 3.63) is 130 Å². The summed E-state index contributed by atoms with van der Waals surface area (Å²) in [5.74, 6) is -0.684. The lowest BCUT2D eigenvalue weighted by atomic mass is 9.97. The molecular weight excluding hydrogens is 711 g/mol. The minimum atomic E-state index is -2.03. The highest BCUT2D eigenvalue weighted by molar-refractivity contribution is 6.76. The van der Waals surface area contributed by atoms with E-state index in [1.54, 1.807) is 0 Å². The molecule has 7 rings (SSSR count). The number of piperidine rings is 1. The van der Waals surface area contributed by atoms with Crippen LogP contribution >= 0.6 is 34.8 Å². The van der Waals surface area contributed by atoms with Crippen molar-refractivity contribution in [3.8, 4) is 11.1 Å². The molecule has 2 fully saturated rings. The Kier molecular flexibility index (Phi) is 10.9. The highest BCUT2D eigenvalue weighted by atomic mass is 35.6. The summed E-state index contributed by atoms with van der Waals surface area (Å²) in [6.45, 7) is 2.64. The quantitative estimate of drug-likeness (QED) is 0.136. The molecule has 0 bridgehead atoms. The van der Waals surface area contributed by atoms with Crippen LogP contribution in [0, 0.1) is 0 Å². The van der Waals surface area contributed by atoms with E-state index in [9.17, 15) is 14.7 Å². The van der Waals surface area contributed by atoms with E-state index in [1.165, 1.54) is 0 Å². The van der Waals surface area contributed by atoms with E-state index < -0.39 is 16.0 Å². The van der Waals surface area contributed by atoms with Crippen LogP contribution in [-0.2, 0) is 27.4 Å². The zero-order valence-corrected chi connectivity index (χ0v) is 30.1. The zero-order valence-electron chi connectivity index (χ0n) is 27.8. The second kappa shape index (κ2) is 15.5. The third kappa shape index (κ3) is 8.36. The number of aromatic amines is 1. The Morgan fingerprint density at radius 3 is 2.33 bits per heavy atom. The number of nitrogens with zero attached hydrogens (tertiary/aromatic N) is 2. The molecule has 2 saturated heterocycles. The number of benzene rings is 4. The molecule has 1 aromatic heterocycles. The number of rotatable bonds is 9. The third-order valence-electron chi connectivity index (χ3n) is 9.75. The summed E-state index contributed by atoms with van der Waals surface area (Å²) < 4.78 is 13.3. The fourth-order valence-corrected chi connectivity index (χ4v) is 7.33. The monoisotopic (exact) mass is 748 g/mol. The summed E-state index contributed by atoms with van der Waals surface area (Å²) in [7, 11) is 0. The van der Waals surface area contributed by atoms with Gasteiger partial charge < -0.3 is 29.8 Å². The molecule has 12 heteroatoms. The lowest BCUT2D eigenvalue weighted by Crippen LogP contribution is -2.43. The van der Waals surface area contributed by atoms with Gasteiger partial charge in [0.25, 0.3) is 9.70 Å². The lowest BCUT2D eigenvalue weighted by Gasteiger charge is -2.40. The van der Waals surface area contributed by atoms with Crippen molar-refractivity contribution in [3.63, 3.8) is 0 Å². The van der Waals surface area contributed by atoms with E-state index in [0.717, 1.165) is 76.9 Å². The maximum absolute atomic E-state index is 12.9. The number of H-pyrrole nitrogens is 1. The van der Waals surface area contributed by atoms with Gasteiger partial charge >= 0.3 is 5.69 Å². The average molecular weight is 750 g/mol. The number of carbonyl (C=O) groups excluding carboxylic acids is 1. The number of amides is 1. The zero-order chi connectivity index (χ0) is 35.5. The summed E-state index contributed by atoms with van der Waals surface area (Å²) >= 11 is 17.1. The van der Waals surface area contributed by atoms with Crippen LogP contribution in [0.3, 0.4) is 0 Å². The molecule has 0 radical (unpaired) electrons. The van der Waals surface area contributed by atoms with Gasteiger partial charge in [0.05, 0.1) is 29.8 Å². The van der Waals surface area contributed by atoms with E-state index in [1.807, 2.05) is 95.6 Å². The van der Waals surface area contributed by atoms with Crippen LogP contribution in [0.5, 0.6) is 0 Å². The normalized spacial score (nSPS) is 20.4. The summed E-state index contributed by atoms with van der Waals surface area (Å²) in [5.41, 5.74) is 7.31. The molecular formula is C39H39Cl3N4O5. The van der Waals surface area contributed by atoms with E-state index in [2.05, 4.69) is 21.3 Å². The highest BCUT2D eigenvalue weighted by Gasteiger charge is 2.35. The number of hydrogen-bond donors (Lipinski definition) is 3. The summed E-state index contributed by atoms with van der Waals surface area (Å²) in [5, 5.41) is 12.3. The van der Waals surface area contributed by atoms with Gasteiger partial charge in [-0.15, -0.1) is 0 Å². The molecule has 0 aliphatic carbocycles. The van der Waals surface area contributed by atoms with Crippen molar-refractivity contribution < 1.29 is 19.4 Å². The fraction of sp³-hybridized carbons (Fsp3) is 0.333. The number of aromatic nitrogens is 2. The van der Waals surface area contributed by atoms with Crippen molar-refractivity contribution in [1.29, 1.82) is 0 Å². The van der Waals surface area contributed by atoms with Crippen LogP contribution in [0.25, 0.3) is 22.2 Å². The van der Waals surface area contributed by atoms with Crippen molar-refractivity contribution >= 4 is 51.7 Å². The summed E-state index contributed by atoms with van der Waals surface area (Å²) in [6.07, 6.45) is 1.49. The van der Waals surface area contributed by atoms with Crippen LogP contribution in [0.1, 0.15) is 60.0 Å². The molecule has 9 nitrogen and oxygen atoms in total. The number of fused-ring (bicyclic) bond motifs is 1. The van der Waals surface area contributed by atoms with Crippen LogP contribution in [0.2, 0.25) is 0 Å². The van der Waals surface area contributed by atoms with Gasteiger partial charge in [0.1, 0.15) is 0 Å². The Bertz CT molecular complexity index is 2040. The number of imidazole rings is 1. The predicted octanol–water partition coefficient (Wildman–Crippen LogP) is 7.36. The first-order chi connectivity index (χ1) is 24.6. The molecule has 4 aromatic carbocycles. The van der Waals surface area contributed by atoms with Crippen LogP contribution in [-0.4, -0.2) is 55.0 Å². The first-order valence-corrected chi connectivity index (χ1v) is 18.2. The standard InChI is InChI=1S/C39H39Cl3N4O5/c40-39(41,42)37(48)43-22-26-5-3-6-28(19-26)29-7-4-8-30(20-29)36-50-32(21-35(51-36)27-13-11-25(24-47)12-14-27)23-45-17-15-31(16-18-45)46-34-10-2-1-9-33(34)44-38(46)49/h1-14,19-20,31-32,35-36,47H,15-18,21-24H2,(H,43,48)(H,44,49). The van der Waals surface area contributed by atoms with Crippen LogP contribution in [0.15, 0.2) is 102 Å². The molecule has 2 aliphatic rings. The number of carbonyl (C=O) groups is 1. The number of aliphatic hydroxyl groups is 1. The van der Waals surface area contributed by atoms with Crippen molar-refractivity contribution in [2.75, 3.05) is 19.6 Å². The second-order valence-corrected chi connectivity index (χ2v) is 15.5. The Labute approximate surface area is 311 Å². The number of alkyl halides is 3. The van der Waals surface area contributed by atoms with Crippen LogP contribution in [0.4, 0.5) is 0 Å². The molecule has 3 atom stereocenters. The minimum Gasteiger partial charge on any atom is -0.392 e. The van der Waals surface area contributed by atoms with Gasteiger partial charge in [-0.3, -0.25) is 9.36 Å². The van der Waals surface area contributed by atoms with Gasteiger partial charge in [0.2, 0.25) is 0 Å². The first-order valence-electron chi connectivity index (χ1n) is 17.1. The number of nitrogens with one attached hydrogen (secondary N) is 2. The number of ether oxygens (including phenoxy) is 2. The molecule has 5 aromatic rings. The first kappa shape index (κ1) is 35.7. The number of hydrogen-bond acceptors (Lipinski definition) is 6. The van der Waals surface area contributed by atoms with Gasteiger partial charge in [-0.1, -0.05) is 108 Å². The fourth-order valence-electron chi connectivity index (χ4n) is 7.13. The van der Waals surface area contributed by atoms with E-state index in [4.69, 9.17) is 44.3 Å². The Morgan fingerprint density at radius 1 is 0.863 bits per heavy atom. The summed E-state index contributed by atoms with van der Waals surface area (Å²) in [6, 6.07) is 31.8. The minimum absolute atomic E-state index is 0.0198. The van der Waals surface area contributed by atoms with Gasteiger partial charge in [-0.05, 0) is 64.9 Å². The third-order valence-corrected chi connectivity index (χ3v) is 10.3. The molecule has 2 aliphatic heterocycles. The lowest BCUT2D eigenvalue weighted by molar-refractivity contribution is -0.253. The van der Waals surface area contributed by atoms with Gasteiger partial charge in [-0.2, -0.15) is 0 Å². The molecule has 266 valence electrons. The average Bonchev–Trinajstić information content (AvgIpc) is 3.49. The Hall–Kier alpha value is -3.67. The molecule has 0 spiro atoms. The molecule has 1 amide bonds. The molecule has 0 saturated carbocycles. The predicted molar refractivity (Wildman–Crippen MR) is 200 cm³/mol. The van der Waals surface area contributed by atoms with E-state index in [0.29, 0.717) is 6.42 Å². The Balaban J connectivity index is 1.07. The second-order valence-electron chi connectivity index (χ2n) is 13.2. The van der Waals surface area contributed by atoms with E-state index in [-0.39, 0.29) is 37.1 Å². The highest BCUT2D eigenvalue weighted by Crippen LogP contribution is 2.39. The van der Waals surface area contributed by atoms with Crippen molar-refractivity contribution in [2.45, 2.75) is 60.7 Å². The largest absolute Gasteiger partial charge is 0.392 e. The van der Waals surface area contributed by atoms with Crippen molar-refractivity contribution in [2.24, 2.45) is 0 Å². The molecule has 3 heterocycles. The number of para-hydroxylation sites is 2. The molecule has 3 unspecified atom stereocenters. The molecule has 51 heavy (non-hydrogen) atoms. The van der Waals surface area contributed by atoms with Gasteiger partial charge in [0.15, 0.2) is 6.29 Å². The van der Waals surface area contributed by atoms with E-state index >= 15 is 0 Å². The van der Waals surface area contributed by atoms with Crippen LogP contribution < -0.4 is 11.0 Å². The smallest absolute Gasteiger partial charge is 0.326 e.